The number of hydrogen-bond acceptors (Lipinski definition) is 2. The van der Waals surface area contributed by atoms with Crippen LogP contribution in [0.1, 0.15) is 51.8 Å². The van der Waals surface area contributed by atoms with Gasteiger partial charge < -0.3 is 5.11 Å². The standard InChI is InChI=1S/C16H27NO/c1-15(2,3)13-10-8-12(9-11-13)14(17(6)7)16(4,5)18/h8-11,14,18H,1-7H3. The Hall–Kier alpha value is -0.860. The maximum absolute atomic E-state index is 10.3. The SMILES string of the molecule is CN(C)C(c1ccc(C(C)(C)C)cc1)C(C)(C)O. The van der Waals surface area contributed by atoms with Crippen molar-refractivity contribution in [2.45, 2.75) is 51.7 Å². The van der Waals surface area contributed by atoms with Crippen LogP contribution in [0.25, 0.3) is 0 Å². The molecule has 0 aromatic heterocycles. The molecule has 0 aliphatic heterocycles. The third-order valence-corrected chi connectivity index (χ3v) is 3.28. The van der Waals surface area contributed by atoms with Crippen molar-refractivity contribution < 1.29 is 5.11 Å². The zero-order valence-corrected chi connectivity index (χ0v) is 12.8. The van der Waals surface area contributed by atoms with Gasteiger partial charge in [-0.25, -0.2) is 0 Å². The van der Waals surface area contributed by atoms with Gasteiger partial charge in [0.15, 0.2) is 0 Å². The van der Waals surface area contributed by atoms with E-state index in [1.807, 2.05) is 27.9 Å². The molecular weight excluding hydrogens is 222 g/mol. The molecule has 18 heavy (non-hydrogen) atoms. The maximum Gasteiger partial charge on any atom is 0.0787 e. The third-order valence-electron chi connectivity index (χ3n) is 3.28. The minimum atomic E-state index is -0.757. The van der Waals surface area contributed by atoms with Gasteiger partial charge in [-0.05, 0) is 44.5 Å². The lowest BCUT2D eigenvalue weighted by Gasteiger charge is -2.35. The van der Waals surface area contributed by atoms with Gasteiger partial charge in [-0.3, -0.25) is 4.90 Å². The molecule has 0 amide bonds. The van der Waals surface area contributed by atoms with Gasteiger partial charge in [0.1, 0.15) is 0 Å². The van der Waals surface area contributed by atoms with Gasteiger partial charge in [0.2, 0.25) is 0 Å². The van der Waals surface area contributed by atoms with E-state index >= 15 is 0 Å². The molecule has 0 aliphatic carbocycles. The Morgan fingerprint density at radius 2 is 1.39 bits per heavy atom. The second kappa shape index (κ2) is 5.02. The first-order chi connectivity index (χ1) is 8.03. The number of aliphatic hydroxyl groups is 1. The summed E-state index contributed by atoms with van der Waals surface area (Å²) >= 11 is 0. The predicted octanol–water partition coefficient (Wildman–Crippen LogP) is 3.36. The summed E-state index contributed by atoms with van der Waals surface area (Å²) in [5.74, 6) is 0. The van der Waals surface area contributed by atoms with E-state index in [1.165, 1.54) is 5.56 Å². The molecule has 0 saturated carbocycles. The van der Waals surface area contributed by atoms with Crippen LogP contribution in [0.2, 0.25) is 0 Å². The molecular formula is C16H27NO. The summed E-state index contributed by atoms with van der Waals surface area (Å²) in [4.78, 5) is 2.06. The van der Waals surface area contributed by atoms with E-state index < -0.39 is 5.60 Å². The van der Waals surface area contributed by atoms with Crippen molar-refractivity contribution in [1.82, 2.24) is 4.90 Å². The molecule has 2 heteroatoms. The molecule has 1 unspecified atom stereocenters. The van der Waals surface area contributed by atoms with Gasteiger partial charge in [0, 0.05) is 0 Å². The molecule has 0 saturated heterocycles. The van der Waals surface area contributed by atoms with E-state index in [4.69, 9.17) is 0 Å². The largest absolute Gasteiger partial charge is 0.388 e. The van der Waals surface area contributed by atoms with Crippen molar-refractivity contribution in [2.24, 2.45) is 0 Å². The molecule has 0 heterocycles. The van der Waals surface area contributed by atoms with Crippen LogP contribution in [0.4, 0.5) is 0 Å². The average Bonchev–Trinajstić information content (AvgIpc) is 2.13. The van der Waals surface area contributed by atoms with E-state index in [-0.39, 0.29) is 11.5 Å². The van der Waals surface area contributed by atoms with Gasteiger partial charge in [-0.1, -0.05) is 45.0 Å². The fourth-order valence-electron chi connectivity index (χ4n) is 2.50. The van der Waals surface area contributed by atoms with Gasteiger partial charge in [0.05, 0.1) is 11.6 Å². The van der Waals surface area contributed by atoms with E-state index in [2.05, 4.69) is 49.9 Å². The first-order valence-electron chi connectivity index (χ1n) is 6.52. The topological polar surface area (TPSA) is 23.5 Å². The fourth-order valence-corrected chi connectivity index (χ4v) is 2.50. The molecule has 0 fully saturated rings. The number of benzene rings is 1. The fraction of sp³-hybridized carbons (Fsp3) is 0.625. The Balaban J connectivity index is 3.10. The molecule has 1 rings (SSSR count). The Morgan fingerprint density at radius 1 is 0.944 bits per heavy atom. The molecule has 0 spiro atoms. The third kappa shape index (κ3) is 3.56. The highest BCUT2D eigenvalue weighted by Gasteiger charge is 2.30. The van der Waals surface area contributed by atoms with Crippen molar-refractivity contribution in [2.75, 3.05) is 14.1 Å². The number of likely N-dealkylation sites (N-methyl/N-ethyl adjacent to an activating group) is 1. The van der Waals surface area contributed by atoms with Gasteiger partial charge in [-0.2, -0.15) is 0 Å². The van der Waals surface area contributed by atoms with Crippen molar-refractivity contribution in [3.05, 3.63) is 35.4 Å². The van der Waals surface area contributed by atoms with Crippen LogP contribution >= 0.6 is 0 Å². The normalized spacial score (nSPS) is 14.9. The van der Waals surface area contributed by atoms with Crippen molar-refractivity contribution in [3.8, 4) is 0 Å². The second-order valence-electron chi connectivity index (χ2n) is 6.89. The van der Waals surface area contributed by atoms with Crippen LogP contribution < -0.4 is 0 Å². The molecule has 0 aliphatic rings. The second-order valence-corrected chi connectivity index (χ2v) is 6.89. The average molecular weight is 249 g/mol. The predicted molar refractivity (Wildman–Crippen MR) is 77.9 cm³/mol. The van der Waals surface area contributed by atoms with Crippen molar-refractivity contribution in [1.29, 1.82) is 0 Å². The van der Waals surface area contributed by atoms with Gasteiger partial charge in [-0.15, -0.1) is 0 Å². The molecule has 1 N–H and O–H groups in total. The van der Waals surface area contributed by atoms with Crippen LogP contribution in [0.3, 0.4) is 0 Å². The number of hydrogen-bond donors (Lipinski definition) is 1. The first kappa shape index (κ1) is 15.2. The van der Waals surface area contributed by atoms with E-state index in [9.17, 15) is 5.11 Å². The summed E-state index contributed by atoms with van der Waals surface area (Å²) in [6.07, 6.45) is 0. The van der Waals surface area contributed by atoms with Crippen LogP contribution in [0.15, 0.2) is 24.3 Å². The monoisotopic (exact) mass is 249 g/mol. The summed E-state index contributed by atoms with van der Waals surface area (Å²) < 4.78 is 0. The highest BCUT2D eigenvalue weighted by atomic mass is 16.3. The van der Waals surface area contributed by atoms with Crippen LogP contribution in [-0.4, -0.2) is 29.7 Å². The van der Waals surface area contributed by atoms with Crippen LogP contribution in [0.5, 0.6) is 0 Å². The highest BCUT2D eigenvalue weighted by molar-refractivity contribution is 5.30. The zero-order chi connectivity index (χ0) is 14.1. The van der Waals surface area contributed by atoms with Gasteiger partial charge >= 0.3 is 0 Å². The summed E-state index contributed by atoms with van der Waals surface area (Å²) in [6.45, 7) is 10.3. The molecule has 1 atom stereocenters. The molecule has 1 aromatic carbocycles. The minimum Gasteiger partial charge on any atom is -0.388 e. The molecule has 0 bridgehead atoms. The molecule has 102 valence electrons. The Kier molecular flexibility index (Phi) is 4.24. The minimum absolute atomic E-state index is 0.00604. The highest BCUT2D eigenvalue weighted by Crippen LogP contribution is 2.31. The van der Waals surface area contributed by atoms with Crippen molar-refractivity contribution >= 4 is 0 Å². The molecule has 1 aromatic rings. The quantitative estimate of drug-likeness (QED) is 0.888. The van der Waals surface area contributed by atoms with E-state index in [1.54, 1.807) is 0 Å². The first-order valence-corrected chi connectivity index (χ1v) is 6.52. The lowest BCUT2D eigenvalue weighted by atomic mass is 9.84. The molecule has 0 radical (unpaired) electrons. The Morgan fingerprint density at radius 3 is 1.67 bits per heavy atom. The zero-order valence-electron chi connectivity index (χ0n) is 12.8. The van der Waals surface area contributed by atoms with E-state index in [0.29, 0.717) is 0 Å². The summed E-state index contributed by atoms with van der Waals surface area (Å²) in [5, 5.41) is 10.3. The number of nitrogens with zero attached hydrogens (tertiary/aromatic N) is 1. The summed E-state index contributed by atoms with van der Waals surface area (Å²) in [6, 6.07) is 8.59. The lowest BCUT2D eigenvalue weighted by Crippen LogP contribution is -2.38. The Bertz CT molecular complexity index is 379. The maximum atomic E-state index is 10.3. The van der Waals surface area contributed by atoms with Crippen LogP contribution in [0, 0.1) is 0 Å². The summed E-state index contributed by atoms with van der Waals surface area (Å²) in [7, 11) is 4.00. The molecule has 2 nitrogen and oxygen atoms in total. The Labute approximate surface area is 112 Å². The smallest absolute Gasteiger partial charge is 0.0787 e. The van der Waals surface area contributed by atoms with Crippen molar-refractivity contribution in [3.63, 3.8) is 0 Å². The van der Waals surface area contributed by atoms with Crippen LogP contribution in [-0.2, 0) is 5.41 Å². The van der Waals surface area contributed by atoms with E-state index in [0.717, 1.165) is 5.56 Å². The lowest BCUT2D eigenvalue weighted by molar-refractivity contribution is -0.00315. The summed E-state index contributed by atoms with van der Waals surface area (Å²) in [5.41, 5.74) is 1.88. The van der Waals surface area contributed by atoms with Gasteiger partial charge in [0.25, 0.3) is 0 Å². The number of rotatable bonds is 3.